The van der Waals surface area contributed by atoms with Crippen molar-refractivity contribution in [1.29, 1.82) is 0 Å². The minimum absolute atomic E-state index is 0.189. The molecule has 0 aliphatic heterocycles. The van der Waals surface area contributed by atoms with E-state index in [1.807, 2.05) is 41.8 Å². The zero-order chi connectivity index (χ0) is 17.8. The number of carbonyl (C=O) groups is 2. The van der Waals surface area contributed by atoms with Crippen molar-refractivity contribution in [2.45, 2.75) is 45.2 Å². The number of rotatable bonds is 5. The molecule has 0 saturated carbocycles. The Morgan fingerprint density at radius 2 is 1.92 bits per heavy atom. The van der Waals surface area contributed by atoms with Crippen LogP contribution in [0.3, 0.4) is 0 Å². The van der Waals surface area contributed by atoms with Crippen molar-refractivity contribution in [2.24, 2.45) is 0 Å². The van der Waals surface area contributed by atoms with E-state index in [2.05, 4.69) is 15.6 Å². The molecule has 1 unspecified atom stereocenters. The molecule has 132 valence electrons. The van der Waals surface area contributed by atoms with Crippen LogP contribution in [0, 0.1) is 6.92 Å². The summed E-state index contributed by atoms with van der Waals surface area (Å²) < 4.78 is 1.98. The second-order valence-corrected chi connectivity index (χ2v) is 6.37. The third-order valence-corrected chi connectivity index (χ3v) is 4.67. The van der Waals surface area contributed by atoms with Gasteiger partial charge < -0.3 is 15.2 Å². The first-order chi connectivity index (χ1) is 12.1. The Kier molecular flexibility index (Phi) is 5.16. The van der Waals surface area contributed by atoms with Crippen LogP contribution in [0.2, 0.25) is 0 Å². The van der Waals surface area contributed by atoms with Crippen molar-refractivity contribution in [3.63, 3.8) is 0 Å². The van der Waals surface area contributed by atoms with Gasteiger partial charge in [0, 0.05) is 12.7 Å². The van der Waals surface area contributed by atoms with Gasteiger partial charge in [-0.15, -0.1) is 0 Å². The van der Waals surface area contributed by atoms with E-state index in [1.54, 1.807) is 7.05 Å². The molecule has 0 saturated heterocycles. The lowest BCUT2D eigenvalue weighted by atomic mass is 10.0. The van der Waals surface area contributed by atoms with Gasteiger partial charge in [-0.1, -0.05) is 30.3 Å². The number of amides is 2. The van der Waals surface area contributed by atoms with Crippen LogP contribution in [0.15, 0.2) is 30.3 Å². The Balaban J connectivity index is 1.77. The van der Waals surface area contributed by atoms with Crippen LogP contribution in [-0.2, 0) is 29.0 Å². The van der Waals surface area contributed by atoms with Gasteiger partial charge in [0.25, 0.3) is 0 Å². The summed E-state index contributed by atoms with van der Waals surface area (Å²) in [6.45, 7) is 2.12. The number of benzene rings is 1. The number of imidazole rings is 1. The predicted octanol–water partition coefficient (Wildman–Crippen LogP) is 1.67. The summed E-state index contributed by atoms with van der Waals surface area (Å²) in [5.41, 5.74) is 3.04. The molecule has 0 fully saturated rings. The first-order valence-electron chi connectivity index (χ1n) is 8.71. The Hall–Kier alpha value is -2.63. The van der Waals surface area contributed by atoms with Gasteiger partial charge in [0.1, 0.15) is 18.4 Å². The summed E-state index contributed by atoms with van der Waals surface area (Å²) in [6, 6.07) is 8.57. The van der Waals surface area contributed by atoms with Crippen molar-refractivity contribution in [2.75, 3.05) is 7.05 Å². The van der Waals surface area contributed by atoms with Crippen molar-refractivity contribution in [3.8, 4) is 0 Å². The molecule has 1 heterocycles. The molecule has 1 aromatic heterocycles. The third kappa shape index (κ3) is 3.73. The molecule has 0 spiro atoms. The number of carbonyl (C=O) groups excluding carboxylic acids is 2. The van der Waals surface area contributed by atoms with Gasteiger partial charge in [0.2, 0.25) is 11.8 Å². The first kappa shape index (κ1) is 17.2. The molecule has 0 radical (unpaired) electrons. The van der Waals surface area contributed by atoms with Gasteiger partial charge in [0.05, 0.1) is 5.69 Å². The zero-order valence-electron chi connectivity index (χ0n) is 14.7. The number of hydrogen-bond donors (Lipinski definition) is 2. The Labute approximate surface area is 147 Å². The fraction of sp³-hybridized carbons (Fsp3) is 0.421. The van der Waals surface area contributed by atoms with E-state index < -0.39 is 6.04 Å². The third-order valence-electron chi connectivity index (χ3n) is 4.67. The van der Waals surface area contributed by atoms with E-state index in [0.29, 0.717) is 0 Å². The normalized spacial score (nSPS) is 14.5. The second-order valence-electron chi connectivity index (χ2n) is 6.37. The lowest BCUT2D eigenvalue weighted by molar-refractivity contribution is -0.129. The fourth-order valence-corrected chi connectivity index (χ4v) is 3.39. The highest BCUT2D eigenvalue weighted by molar-refractivity contribution is 5.88. The highest BCUT2D eigenvalue weighted by Crippen LogP contribution is 2.22. The molecule has 2 N–H and O–H groups in total. The molecule has 6 nitrogen and oxygen atoms in total. The summed E-state index contributed by atoms with van der Waals surface area (Å²) in [6.07, 6.45) is 4.23. The van der Waals surface area contributed by atoms with Crippen LogP contribution < -0.4 is 10.6 Å². The quantitative estimate of drug-likeness (QED) is 0.869. The number of aromatic nitrogens is 2. The molecule has 2 aromatic rings. The van der Waals surface area contributed by atoms with Crippen LogP contribution in [0.25, 0.3) is 0 Å². The van der Waals surface area contributed by atoms with Crippen molar-refractivity contribution >= 4 is 11.8 Å². The topological polar surface area (TPSA) is 76.0 Å². The second kappa shape index (κ2) is 7.51. The number of nitrogens with one attached hydrogen (secondary N) is 2. The number of nitrogens with zero attached hydrogens (tertiary/aromatic N) is 2. The summed E-state index contributed by atoms with van der Waals surface area (Å²) in [5.74, 6) is 0.438. The molecule has 25 heavy (non-hydrogen) atoms. The van der Waals surface area contributed by atoms with Gasteiger partial charge in [0.15, 0.2) is 0 Å². The van der Waals surface area contributed by atoms with Gasteiger partial charge in [-0.3, -0.25) is 9.59 Å². The minimum atomic E-state index is -0.696. The maximum Gasteiger partial charge on any atom is 0.246 e. The predicted molar refractivity (Wildman–Crippen MR) is 95.0 cm³/mol. The largest absolute Gasteiger partial charge is 0.357 e. The SMILES string of the molecule is CNC(=O)C(NC(=O)Cn1c(C)nc2c1CCCC2)c1ccccc1. The fourth-order valence-electron chi connectivity index (χ4n) is 3.39. The molecule has 1 aromatic carbocycles. The summed E-state index contributed by atoms with van der Waals surface area (Å²) in [5, 5.41) is 5.47. The van der Waals surface area contributed by atoms with Gasteiger partial charge >= 0.3 is 0 Å². The summed E-state index contributed by atoms with van der Waals surface area (Å²) in [7, 11) is 1.57. The van der Waals surface area contributed by atoms with Crippen LogP contribution in [0.1, 0.15) is 41.7 Å². The highest BCUT2D eigenvalue weighted by atomic mass is 16.2. The lowest BCUT2D eigenvalue weighted by Crippen LogP contribution is -2.40. The molecule has 1 atom stereocenters. The lowest BCUT2D eigenvalue weighted by Gasteiger charge is -2.19. The first-order valence-corrected chi connectivity index (χ1v) is 8.71. The number of hydrogen-bond acceptors (Lipinski definition) is 3. The van der Waals surface area contributed by atoms with Crippen molar-refractivity contribution < 1.29 is 9.59 Å². The van der Waals surface area contributed by atoms with Gasteiger partial charge in [-0.05, 0) is 38.2 Å². The van der Waals surface area contributed by atoms with E-state index >= 15 is 0 Å². The van der Waals surface area contributed by atoms with Crippen molar-refractivity contribution in [3.05, 3.63) is 53.1 Å². The van der Waals surface area contributed by atoms with E-state index in [0.717, 1.165) is 48.5 Å². The number of likely N-dealkylation sites (N-methyl/N-ethyl adjacent to an activating group) is 1. The minimum Gasteiger partial charge on any atom is -0.357 e. The average Bonchev–Trinajstić information content (AvgIpc) is 2.95. The Morgan fingerprint density at radius 3 is 2.64 bits per heavy atom. The van der Waals surface area contributed by atoms with E-state index in [9.17, 15) is 9.59 Å². The molecule has 0 bridgehead atoms. The smallest absolute Gasteiger partial charge is 0.246 e. The molecule has 6 heteroatoms. The summed E-state index contributed by atoms with van der Waals surface area (Å²) >= 11 is 0. The van der Waals surface area contributed by atoms with Crippen molar-refractivity contribution in [1.82, 2.24) is 20.2 Å². The standard InChI is InChI=1S/C19H24N4O2/c1-13-21-15-10-6-7-11-16(15)23(13)12-17(24)22-18(19(25)20-2)14-8-4-3-5-9-14/h3-5,8-9,18H,6-7,10-12H2,1-2H3,(H,20,25)(H,22,24). The molecule has 2 amide bonds. The van der Waals surface area contributed by atoms with E-state index in [1.165, 1.54) is 0 Å². The van der Waals surface area contributed by atoms with E-state index in [-0.39, 0.29) is 18.4 Å². The van der Waals surface area contributed by atoms with Crippen LogP contribution in [-0.4, -0.2) is 28.4 Å². The Morgan fingerprint density at radius 1 is 1.20 bits per heavy atom. The van der Waals surface area contributed by atoms with E-state index in [4.69, 9.17) is 0 Å². The summed E-state index contributed by atoms with van der Waals surface area (Å²) in [4.78, 5) is 29.4. The molecular formula is C19H24N4O2. The highest BCUT2D eigenvalue weighted by Gasteiger charge is 2.24. The van der Waals surface area contributed by atoms with Crippen LogP contribution in [0.5, 0.6) is 0 Å². The molecule has 3 rings (SSSR count). The average molecular weight is 340 g/mol. The monoisotopic (exact) mass is 340 g/mol. The molecular weight excluding hydrogens is 316 g/mol. The molecule has 1 aliphatic rings. The van der Waals surface area contributed by atoms with Crippen LogP contribution in [0.4, 0.5) is 0 Å². The van der Waals surface area contributed by atoms with Gasteiger partial charge in [-0.25, -0.2) is 4.98 Å². The van der Waals surface area contributed by atoms with Gasteiger partial charge in [-0.2, -0.15) is 0 Å². The zero-order valence-corrected chi connectivity index (χ0v) is 14.7. The maximum absolute atomic E-state index is 12.6. The Bertz CT molecular complexity index is 767. The number of aryl methyl sites for hydroxylation is 2. The number of fused-ring (bicyclic) bond motifs is 1. The molecule has 1 aliphatic carbocycles. The van der Waals surface area contributed by atoms with Crippen LogP contribution >= 0.6 is 0 Å². The maximum atomic E-state index is 12.6.